The number of hydrogen-bond acceptors (Lipinski definition) is 7. The Labute approximate surface area is 176 Å². The van der Waals surface area contributed by atoms with Gasteiger partial charge in [-0.25, -0.2) is 0 Å². The number of aliphatic hydroxyl groups excluding tert-OH is 1. The molecule has 7 nitrogen and oxygen atoms in total. The summed E-state index contributed by atoms with van der Waals surface area (Å²) in [5.74, 6) is -1.88. The van der Waals surface area contributed by atoms with E-state index in [1.54, 1.807) is 25.1 Å². The summed E-state index contributed by atoms with van der Waals surface area (Å²) in [7, 11) is 0. The number of phenols is 1. The molecule has 3 aromatic rings. The standard InChI is InChI=1S/C22H19N3O4S/c1-11-7-8-12(2)16(9-11)19(27)17-18(14-5-4-6-15(26)10-14)25(21(29)20(17)28)22-24-23-13(3)30-22/h4-10,18,26-27H,1-3H3. The number of amides is 1. The van der Waals surface area contributed by atoms with Gasteiger partial charge in [-0.1, -0.05) is 41.2 Å². The summed E-state index contributed by atoms with van der Waals surface area (Å²) in [5, 5.41) is 30.0. The van der Waals surface area contributed by atoms with Gasteiger partial charge in [0.25, 0.3) is 5.78 Å². The minimum absolute atomic E-state index is 0.0155. The summed E-state index contributed by atoms with van der Waals surface area (Å²) in [6.07, 6.45) is 0. The first-order valence-corrected chi connectivity index (χ1v) is 10.1. The molecule has 0 bridgehead atoms. The first kappa shape index (κ1) is 19.8. The van der Waals surface area contributed by atoms with E-state index in [2.05, 4.69) is 10.2 Å². The number of aliphatic hydroxyl groups is 1. The number of rotatable bonds is 3. The van der Waals surface area contributed by atoms with Crippen molar-refractivity contribution in [3.8, 4) is 5.75 Å². The van der Waals surface area contributed by atoms with Gasteiger partial charge in [0.05, 0.1) is 11.6 Å². The Bertz CT molecular complexity index is 1210. The predicted molar refractivity (Wildman–Crippen MR) is 113 cm³/mol. The third-order valence-corrected chi connectivity index (χ3v) is 5.84. The highest BCUT2D eigenvalue weighted by atomic mass is 32.1. The number of carbonyl (C=O) groups excluding carboxylic acids is 2. The summed E-state index contributed by atoms with van der Waals surface area (Å²) < 4.78 is 0. The normalized spacial score (nSPS) is 18.2. The Morgan fingerprint density at radius 2 is 1.83 bits per heavy atom. The molecule has 0 spiro atoms. The fourth-order valence-electron chi connectivity index (χ4n) is 3.56. The lowest BCUT2D eigenvalue weighted by molar-refractivity contribution is -0.132. The lowest BCUT2D eigenvalue weighted by Gasteiger charge is -2.23. The van der Waals surface area contributed by atoms with Crippen molar-refractivity contribution < 1.29 is 19.8 Å². The quantitative estimate of drug-likeness (QED) is 0.379. The van der Waals surface area contributed by atoms with Crippen LogP contribution in [0.25, 0.3) is 5.76 Å². The average Bonchev–Trinajstić information content (AvgIpc) is 3.24. The number of carbonyl (C=O) groups is 2. The van der Waals surface area contributed by atoms with Gasteiger partial charge >= 0.3 is 5.91 Å². The van der Waals surface area contributed by atoms with Crippen molar-refractivity contribution in [2.45, 2.75) is 26.8 Å². The Morgan fingerprint density at radius 3 is 2.50 bits per heavy atom. The molecule has 2 aromatic carbocycles. The molecule has 1 saturated heterocycles. The molecule has 1 amide bonds. The second-order valence-corrected chi connectivity index (χ2v) is 8.35. The molecule has 0 saturated carbocycles. The number of aromatic hydroxyl groups is 1. The second kappa shape index (κ2) is 7.38. The van der Waals surface area contributed by atoms with Crippen LogP contribution in [0.2, 0.25) is 0 Å². The number of aromatic nitrogens is 2. The van der Waals surface area contributed by atoms with Crippen molar-refractivity contribution in [3.63, 3.8) is 0 Å². The van der Waals surface area contributed by atoms with Crippen LogP contribution in [0, 0.1) is 20.8 Å². The lowest BCUT2D eigenvalue weighted by Crippen LogP contribution is -2.29. The molecule has 1 aliphatic heterocycles. The zero-order valence-corrected chi connectivity index (χ0v) is 17.4. The minimum Gasteiger partial charge on any atom is -0.508 e. The SMILES string of the molecule is Cc1ccc(C)c(C(O)=C2C(=O)C(=O)N(c3nnc(C)s3)C2c2cccc(O)c2)c1. The largest absolute Gasteiger partial charge is 0.508 e. The van der Waals surface area contributed by atoms with Crippen LogP contribution in [0.15, 0.2) is 48.0 Å². The van der Waals surface area contributed by atoms with Crippen LogP contribution in [0.3, 0.4) is 0 Å². The van der Waals surface area contributed by atoms with Gasteiger partial charge in [-0.3, -0.25) is 14.5 Å². The summed E-state index contributed by atoms with van der Waals surface area (Å²) in [6, 6.07) is 10.8. The fraction of sp³-hybridized carbons (Fsp3) is 0.182. The average molecular weight is 421 g/mol. The van der Waals surface area contributed by atoms with Crippen molar-refractivity contribution in [2.75, 3.05) is 4.90 Å². The van der Waals surface area contributed by atoms with E-state index in [-0.39, 0.29) is 22.2 Å². The zero-order valence-electron chi connectivity index (χ0n) is 16.6. The maximum absolute atomic E-state index is 13.1. The topological polar surface area (TPSA) is 104 Å². The predicted octanol–water partition coefficient (Wildman–Crippen LogP) is 3.80. The third-order valence-electron chi connectivity index (χ3n) is 5.00. The van der Waals surface area contributed by atoms with Crippen molar-refractivity contribution in [1.82, 2.24) is 10.2 Å². The number of hydrogen-bond donors (Lipinski definition) is 2. The van der Waals surface area contributed by atoms with E-state index in [1.807, 2.05) is 26.0 Å². The van der Waals surface area contributed by atoms with Crippen LogP contribution in [0.5, 0.6) is 5.75 Å². The molecular formula is C22H19N3O4S. The van der Waals surface area contributed by atoms with Crippen LogP contribution in [-0.2, 0) is 9.59 Å². The fourth-order valence-corrected chi connectivity index (χ4v) is 4.27. The molecule has 4 rings (SSSR count). The first-order valence-electron chi connectivity index (χ1n) is 9.25. The van der Waals surface area contributed by atoms with Crippen LogP contribution < -0.4 is 4.90 Å². The lowest BCUT2D eigenvalue weighted by atomic mass is 9.93. The van der Waals surface area contributed by atoms with Crippen molar-refractivity contribution in [2.24, 2.45) is 0 Å². The van der Waals surface area contributed by atoms with Crippen LogP contribution in [0.4, 0.5) is 5.13 Å². The number of anilines is 1. The van der Waals surface area contributed by atoms with Gasteiger partial charge in [-0.05, 0) is 50.1 Å². The maximum atomic E-state index is 13.1. The minimum atomic E-state index is -0.940. The van der Waals surface area contributed by atoms with Crippen LogP contribution in [0.1, 0.15) is 33.3 Å². The highest BCUT2D eigenvalue weighted by Crippen LogP contribution is 2.43. The maximum Gasteiger partial charge on any atom is 0.301 e. The Hall–Kier alpha value is -3.52. The Kier molecular flexibility index (Phi) is 4.87. The monoisotopic (exact) mass is 421 g/mol. The first-order chi connectivity index (χ1) is 14.3. The van der Waals surface area contributed by atoms with Gasteiger partial charge in [0.2, 0.25) is 5.13 Å². The van der Waals surface area contributed by atoms with E-state index in [0.29, 0.717) is 16.1 Å². The molecule has 30 heavy (non-hydrogen) atoms. The Morgan fingerprint density at radius 1 is 1.07 bits per heavy atom. The summed E-state index contributed by atoms with van der Waals surface area (Å²) in [4.78, 5) is 27.3. The van der Waals surface area contributed by atoms with Crippen molar-refractivity contribution >= 4 is 33.9 Å². The number of ketones is 1. The molecule has 1 aliphatic rings. The smallest absolute Gasteiger partial charge is 0.301 e. The van der Waals surface area contributed by atoms with E-state index in [0.717, 1.165) is 11.1 Å². The van der Waals surface area contributed by atoms with Crippen LogP contribution >= 0.6 is 11.3 Å². The van der Waals surface area contributed by atoms with Crippen molar-refractivity contribution in [1.29, 1.82) is 0 Å². The number of nitrogens with zero attached hydrogens (tertiary/aromatic N) is 3. The highest BCUT2D eigenvalue weighted by molar-refractivity contribution is 7.15. The number of aryl methyl sites for hydroxylation is 3. The molecule has 0 aliphatic carbocycles. The van der Waals surface area contributed by atoms with E-state index < -0.39 is 17.7 Å². The van der Waals surface area contributed by atoms with Gasteiger partial charge in [0, 0.05) is 5.56 Å². The van der Waals surface area contributed by atoms with Gasteiger partial charge < -0.3 is 10.2 Å². The molecule has 2 heterocycles. The summed E-state index contributed by atoms with van der Waals surface area (Å²) >= 11 is 1.17. The van der Waals surface area contributed by atoms with E-state index in [9.17, 15) is 19.8 Å². The second-order valence-electron chi connectivity index (χ2n) is 7.19. The molecule has 8 heteroatoms. The van der Waals surface area contributed by atoms with Gasteiger partial charge in [0.15, 0.2) is 0 Å². The molecule has 152 valence electrons. The number of Topliss-reactive ketones (excluding diaryl/α,β-unsaturated/α-hetero) is 1. The number of phenolic OH excluding ortho intramolecular Hbond substituents is 1. The molecule has 0 radical (unpaired) electrons. The molecule has 2 N–H and O–H groups in total. The molecule has 1 aromatic heterocycles. The molecule has 1 atom stereocenters. The molecule has 1 fully saturated rings. The van der Waals surface area contributed by atoms with Gasteiger partial charge in [0.1, 0.15) is 16.5 Å². The van der Waals surface area contributed by atoms with Gasteiger partial charge in [-0.15, -0.1) is 10.2 Å². The zero-order chi connectivity index (χ0) is 21.6. The molecule has 1 unspecified atom stereocenters. The van der Waals surface area contributed by atoms with E-state index in [1.165, 1.54) is 28.4 Å². The van der Waals surface area contributed by atoms with E-state index in [4.69, 9.17) is 0 Å². The summed E-state index contributed by atoms with van der Waals surface area (Å²) in [5.41, 5.74) is 2.59. The van der Waals surface area contributed by atoms with Crippen LogP contribution in [-0.4, -0.2) is 32.1 Å². The number of benzene rings is 2. The van der Waals surface area contributed by atoms with Gasteiger partial charge in [-0.2, -0.15) is 0 Å². The van der Waals surface area contributed by atoms with E-state index >= 15 is 0 Å². The highest BCUT2D eigenvalue weighted by Gasteiger charge is 2.48. The summed E-state index contributed by atoms with van der Waals surface area (Å²) in [6.45, 7) is 5.45. The Balaban J connectivity index is 1.99. The van der Waals surface area contributed by atoms with Crippen molar-refractivity contribution in [3.05, 3.63) is 75.3 Å². The third kappa shape index (κ3) is 3.25. The molecular weight excluding hydrogens is 402 g/mol.